The molecule has 0 aliphatic rings. The average Bonchev–Trinajstić information content (AvgIpc) is 2.24. The van der Waals surface area contributed by atoms with Gasteiger partial charge in [0.15, 0.2) is 0 Å². The van der Waals surface area contributed by atoms with Gasteiger partial charge >= 0.3 is 0 Å². The number of benzene rings is 1. The lowest BCUT2D eigenvalue weighted by Gasteiger charge is -2.24. The molecule has 0 amide bonds. The van der Waals surface area contributed by atoms with E-state index in [1.54, 1.807) is 0 Å². The van der Waals surface area contributed by atoms with Crippen LogP contribution < -0.4 is 0 Å². The summed E-state index contributed by atoms with van der Waals surface area (Å²) in [6, 6.07) is 4.50. The monoisotopic (exact) mass is 221 g/mol. The molecule has 90 valence electrons. The van der Waals surface area contributed by atoms with Gasteiger partial charge in [0.25, 0.3) is 0 Å². The number of phenols is 1. The molecular formula is C14H23NO. The minimum Gasteiger partial charge on any atom is -0.508 e. The van der Waals surface area contributed by atoms with E-state index in [1.807, 2.05) is 13.0 Å². The second kappa shape index (κ2) is 5.35. The van der Waals surface area contributed by atoms with Crippen molar-refractivity contribution in [1.82, 2.24) is 4.90 Å². The summed E-state index contributed by atoms with van der Waals surface area (Å²) in [5.41, 5.74) is 3.48. The van der Waals surface area contributed by atoms with Crippen molar-refractivity contribution in [2.75, 3.05) is 13.6 Å². The normalized spacial score (nSPS) is 13.1. The van der Waals surface area contributed by atoms with E-state index in [9.17, 15) is 5.11 Å². The first-order valence-electron chi connectivity index (χ1n) is 5.95. The van der Waals surface area contributed by atoms with Gasteiger partial charge in [-0.3, -0.25) is 0 Å². The summed E-state index contributed by atoms with van der Waals surface area (Å²) in [5, 5.41) is 9.60. The van der Waals surface area contributed by atoms with Crippen LogP contribution in [0.2, 0.25) is 0 Å². The van der Waals surface area contributed by atoms with Crippen molar-refractivity contribution in [3.05, 3.63) is 28.8 Å². The topological polar surface area (TPSA) is 23.5 Å². The molecule has 0 aliphatic heterocycles. The molecule has 2 nitrogen and oxygen atoms in total. The van der Waals surface area contributed by atoms with Crippen LogP contribution in [-0.4, -0.2) is 29.6 Å². The highest BCUT2D eigenvalue weighted by atomic mass is 16.3. The van der Waals surface area contributed by atoms with Gasteiger partial charge in [-0.2, -0.15) is 0 Å². The maximum Gasteiger partial charge on any atom is 0.118 e. The van der Waals surface area contributed by atoms with Crippen LogP contribution in [0.15, 0.2) is 12.1 Å². The van der Waals surface area contributed by atoms with E-state index >= 15 is 0 Å². The summed E-state index contributed by atoms with van der Waals surface area (Å²) >= 11 is 0. The predicted octanol–water partition coefficient (Wildman–Crippen LogP) is 2.89. The number of rotatable bonds is 4. The van der Waals surface area contributed by atoms with Crippen LogP contribution in [0.5, 0.6) is 5.75 Å². The Hall–Kier alpha value is -1.02. The molecule has 1 unspecified atom stereocenters. The van der Waals surface area contributed by atoms with Crippen molar-refractivity contribution in [3.63, 3.8) is 0 Å². The molecule has 1 rings (SSSR count). The highest BCUT2D eigenvalue weighted by molar-refractivity contribution is 5.40. The van der Waals surface area contributed by atoms with E-state index in [-0.39, 0.29) is 0 Å². The highest BCUT2D eigenvalue weighted by Gasteiger charge is 2.11. The highest BCUT2D eigenvalue weighted by Crippen LogP contribution is 2.22. The molecule has 0 radical (unpaired) electrons. The second-order valence-corrected chi connectivity index (χ2v) is 4.69. The maximum atomic E-state index is 9.60. The Labute approximate surface area is 98.9 Å². The van der Waals surface area contributed by atoms with Crippen LogP contribution in [0, 0.1) is 13.8 Å². The summed E-state index contributed by atoms with van der Waals surface area (Å²) in [7, 11) is 2.15. The summed E-state index contributed by atoms with van der Waals surface area (Å²) in [4.78, 5) is 2.33. The molecule has 16 heavy (non-hydrogen) atoms. The Kier molecular flexibility index (Phi) is 4.36. The largest absolute Gasteiger partial charge is 0.508 e. The molecule has 0 saturated heterocycles. The fraction of sp³-hybridized carbons (Fsp3) is 0.571. The molecule has 0 bridgehead atoms. The molecule has 0 spiro atoms. The number of aromatic hydroxyl groups is 1. The Morgan fingerprint density at radius 1 is 1.25 bits per heavy atom. The van der Waals surface area contributed by atoms with Crippen LogP contribution in [-0.2, 0) is 6.42 Å². The van der Waals surface area contributed by atoms with Gasteiger partial charge in [0.2, 0.25) is 0 Å². The second-order valence-electron chi connectivity index (χ2n) is 4.69. The summed E-state index contributed by atoms with van der Waals surface area (Å²) in [6.45, 7) is 9.49. The van der Waals surface area contributed by atoms with E-state index in [0.717, 1.165) is 18.5 Å². The van der Waals surface area contributed by atoms with Crippen LogP contribution >= 0.6 is 0 Å². The first-order chi connectivity index (χ1) is 7.45. The molecule has 1 N–H and O–H groups in total. The number of phenolic OH excluding ortho intramolecular Hbond substituents is 1. The van der Waals surface area contributed by atoms with E-state index in [4.69, 9.17) is 0 Å². The molecule has 0 heterocycles. The number of hydrogen-bond acceptors (Lipinski definition) is 2. The lowest BCUT2D eigenvalue weighted by molar-refractivity contribution is 0.269. The van der Waals surface area contributed by atoms with Crippen molar-refractivity contribution in [3.8, 4) is 5.75 Å². The Morgan fingerprint density at radius 2 is 1.88 bits per heavy atom. The van der Waals surface area contributed by atoms with E-state index in [1.165, 1.54) is 11.1 Å². The molecule has 0 aromatic heterocycles. The van der Waals surface area contributed by atoms with Crippen molar-refractivity contribution < 1.29 is 5.11 Å². The van der Waals surface area contributed by atoms with Crippen LogP contribution in [0.4, 0.5) is 0 Å². The number of likely N-dealkylation sites (N-methyl/N-ethyl adjacent to an activating group) is 1. The third-order valence-electron chi connectivity index (χ3n) is 3.42. The summed E-state index contributed by atoms with van der Waals surface area (Å²) < 4.78 is 0. The van der Waals surface area contributed by atoms with E-state index in [0.29, 0.717) is 11.8 Å². The molecule has 1 aromatic rings. The first kappa shape index (κ1) is 13.0. The Morgan fingerprint density at radius 3 is 2.44 bits per heavy atom. The molecule has 0 saturated carbocycles. The minimum atomic E-state index is 0.401. The first-order valence-corrected chi connectivity index (χ1v) is 5.95. The van der Waals surface area contributed by atoms with Crippen LogP contribution in [0.3, 0.4) is 0 Å². The number of aryl methyl sites for hydroxylation is 2. The Bertz CT molecular complexity index is 360. The van der Waals surface area contributed by atoms with Gasteiger partial charge < -0.3 is 10.0 Å². The zero-order valence-electron chi connectivity index (χ0n) is 11.0. The number of hydrogen-bond donors (Lipinski definition) is 1. The van der Waals surface area contributed by atoms with E-state index in [2.05, 4.69) is 38.8 Å². The lowest BCUT2D eigenvalue weighted by Crippen LogP contribution is -2.30. The predicted molar refractivity (Wildman–Crippen MR) is 69.1 cm³/mol. The van der Waals surface area contributed by atoms with Gasteiger partial charge in [-0.05, 0) is 63.5 Å². The third-order valence-corrected chi connectivity index (χ3v) is 3.42. The standard InChI is InChI=1S/C14H23NO/c1-6-15(5)12(4)9-13-7-11(3)14(16)8-10(13)2/h7-8,12,16H,6,9H2,1-5H3. The SMILES string of the molecule is CCN(C)C(C)Cc1cc(C)c(O)cc1C. The van der Waals surface area contributed by atoms with Crippen LogP contribution in [0.25, 0.3) is 0 Å². The quantitative estimate of drug-likeness (QED) is 0.845. The van der Waals surface area contributed by atoms with Gasteiger partial charge in [0, 0.05) is 6.04 Å². The van der Waals surface area contributed by atoms with Crippen molar-refractivity contribution in [2.45, 2.75) is 40.2 Å². The molecule has 1 aromatic carbocycles. The molecule has 0 aliphatic carbocycles. The van der Waals surface area contributed by atoms with Gasteiger partial charge in [-0.25, -0.2) is 0 Å². The number of nitrogens with zero attached hydrogens (tertiary/aromatic N) is 1. The Balaban J connectivity index is 2.85. The van der Waals surface area contributed by atoms with Gasteiger partial charge in [-0.1, -0.05) is 13.0 Å². The smallest absolute Gasteiger partial charge is 0.118 e. The lowest BCUT2D eigenvalue weighted by atomic mass is 9.98. The van der Waals surface area contributed by atoms with Gasteiger partial charge in [-0.15, -0.1) is 0 Å². The zero-order chi connectivity index (χ0) is 12.3. The molecule has 0 fully saturated rings. The molecule has 1 atom stereocenters. The summed E-state index contributed by atoms with van der Waals surface area (Å²) in [6.07, 6.45) is 1.04. The third kappa shape index (κ3) is 2.99. The average molecular weight is 221 g/mol. The zero-order valence-corrected chi connectivity index (χ0v) is 11.0. The summed E-state index contributed by atoms with van der Waals surface area (Å²) in [5.74, 6) is 0.401. The van der Waals surface area contributed by atoms with Gasteiger partial charge in [0.1, 0.15) is 5.75 Å². The van der Waals surface area contributed by atoms with Crippen molar-refractivity contribution >= 4 is 0 Å². The molecule has 2 heteroatoms. The van der Waals surface area contributed by atoms with Gasteiger partial charge in [0.05, 0.1) is 0 Å². The maximum absolute atomic E-state index is 9.60. The minimum absolute atomic E-state index is 0.401. The fourth-order valence-corrected chi connectivity index (χ4v) is 1.87. The van der Waals surface area contributed by atoms with Crippen molar-refractivity contribution in [2.24, 2.45) is 0 Å². The fourth-order valence-electron chi connectivity index (χ4n) is 1.87. The molecular weight excluding hydrogens is 198 g/mol. The van der Waals surface area contributed by atoms with Crippen molar-refractivity contribution in [1.29, 1.82) is 0 Å². The van der Waals surface area contributed by atoms with E-state index < -0.39 is 0 Å². The van der Waals surface area contributed by atoms with Crippen LogP contribution in [0.1, 0.15) is 30.5 Å².